The molecule has 96 valence electrons. The lowest BCUT2D eigenvalue weighted by Crippen LogP contribution is -2.38. The van der Waals surface area contributed by atoms with Gasteiger partial charge >= 0.3 is 5.97 Å². The number of rotatable bonds is 7. The van der Waals surface area contributed by atoms with E-state index in [1.165, 1.54) is 11.3 Å². The van der Waals surface area contributed by atoms with Crippen LogP contribution in [0.2, 0.25) is 0 Å². The van der Waals surface area contributed by atoms with Crippen molar-refractivity contribution < 1.29 is 14.3 Å². The molecule has 4 nitrogen and oxygen atoms in total. The van der Waals surface area contributed by atoms with Crippen LogP contribution in [0.15, 0.2) is 12.7 Å². The van der Waals surface area contributed by atoms with Crippen LogP contribution in [-0.4, -0.2) is 36.5 Å². The third-order valence-corrected chi connectivity index (χ3v) is 3.02. The van der Waals surface area contributed by atoms with E-state index < -0.39 is 0 Å². The molecule has 0 spiro atoms. The Hall–Kier alpha value is -1.32. The molecular weight excluding hydrogens is 218 g/mol. The molecule has 17 heavy (non-hydrogen) atoms. The minimum absolute atomic E-state index is 0.0302. The monoisotopic (exact) mass is 239 g/mol. The Morgan fingerprint density at radius 2 is 2.18 bits per heavy atom. The number of esters is 1. The molecule has 1 aliphatic carbocycles. The summed E-state index contributed by atoms with van der Waals surface area (Å²) in [6.45, 7) is 6.14. The summed E-state index contributed by atoms with van der Waals surface area (Å²) in [4.78, 5) is 24.8. The first kappa shape index (κ1) is 13.7. The van der Waals surface area contributed by atoms with E-state index in [1.807, 2.05) is 0 Å². The topological polar surface area (TPSA) is 46.6 Å². The van der Waals surface area contributed by atoms with Crippen molar-refractivity contribution in [3.63, 3.8) is 0 Å². The fraction of sp³-hybridized carbons (Fsp3) is 0.692. The maximum atomic E-state index is 11.9. The lowest BCUT2D eigenvalue weighted by atomic mass is 9.82. The summed E-state index contributed by atoms with van der Waals surface area (Å²) in [6, 6.07) is 0. The molecule has 1 amide bonds. The van der Waals surface area contributed by atoms with Gasteiger partial charge in [-0.2, -0.15) is 0 Å². The molecule has 0 radical (unpaired) electrons. The Kier molecular flexibility index (Phi) is 5.73. The molecular formula is C13H21NO3. The highest BCUT2D eigenvalue weighted by molar-refractivity contribution is 5.82. The lowest BCUT2D eigenvalue weighted by Gasteiger charge is -2.28. The predicted molar refractivity (Wildman–Crippen MR) is 65.4 cm³/mol. The van der Waals surface area contributed by atoms with Crippen LogP contribution in [0.5, 0.6) is 0 Å². The first-order valence-electron chi connectivity index (χ1n) is 6.21. The minimum atomic E-state index is -0.351. The van der Waals surface area contributed by atoms with Crippen LogP contribution in [0.3, 0.4) is 0 Å². The summed E-state index contributed by atoms with van der Waals surface area (Å²) >= 11 is 0. The van der Waals surface area contributed by atoms with Gasteiger partial charge in [-0.15, -0.1) is 6.58 Å². The third kappa shape index (κ3) is 4.59. The molecule has 0 bridgehead atoms. The molecule has 0 atom stereocenters. The molecule has 0 heterocycles. The van der Waals surface area contributed by atoms with Gasteiger partial charge in [0.2, 0.25) is 5.91 Å². The zero-order valence-corrected chi connectivity index (χ0v) is 10.5. The highest BCUT2D eigenvalue weighted by atomic mass is 16.5. The van der Waals surface area contributed by atoms with Crippen LogP contribution in [0, 0.1) is 5.92 Å². The number of amides is 1. The van der Waals surface area contributed by atoms with Gasteiger partial charge in [0.15, 0.2) is 0 Å². The van der Waals surface area contributed by atoms with E-state index >= 15 is 0 Å². The normalized spacial score (nSPS) is 14.9. The van der Waals surface area contributed by atoms with Crippen LogP contribution in [-0.2, 0) is 14.3 Å². The van der Waals surface area contributed by atoms with Gasteiger partial charge in [0.1, 0.15) is 6.54 Å². The quantitative estimate of drug-likeness (QED) is 0.502. The second kappa shape index (κ2) is 7.09. The van der Waals surface area contributed by atoms with E-state index in [4.69, 9.17) is 4.74 Å². The maximum Gasteiger partial charge on any atom is 0.325 e. The highest BCUT2D eigenvalue weighted by Gasteiger charge is 2.24. The van der Waals surface area contributed by atoms with E-state index in [1.54, 1.807) is 13.0 Å². The van der Waals surface area contributed by atoms with Crippen LogP contribution >= 0.6 is 0 Å². The van der Waals surface area contributed by atoms with Gasteiger partial charge in [0, 0.05) is 13.0 Å². The Labute approximate surface area is 103 Å². The fourth-order valence-electron chi connectivity index (χ4n) is 1.85. The molecule has 0 aromatic rings. The summed E-state index contributed by atoms with van der Waals surface area (Å²) in [5.74, 6) is 0.191. The van der Waals surface area contributed by atoms with Crippen molar-refractivity contribution in [3.8, 4) is 0 Å². The van der Waals surface area contributed by atoms with Crippen molar-refractivity contribution in [1.29, 1.82) is 0 Å². The van der Waals surface area contributed by atoms with E-state index in [9.17, 15) is 9.59 Å². The number of nitrogens with zero attached hydrogens (tertiary/aromatic N) is 1. The zero-order valence-electron chi connectivity index (χ0n) is 10.5. The van der Waals surface area contributed by atoms with Crippen LogP contribution in [0.25, 0.3) is 0 Å². The number of ether oxygens (including phenoxy) is 1. The van der Waals surface area contributed by atoms with E-state index in [-0.39, 0.29) is 18.4 Å². The first-order chi connectivity index (χ1) is 8.17. The van der Waals surface area contributed by atoms with Crippen LogP contribution in [0.4, 0.5) is 0 Å². The van der Waals surface area contributed by atoms with Crippen molar-refractivity contribution in [2.75, 3.05) is 19.7 Å². The van der Waals surface area contributed by atoms with Crippen molar-refractivity contribution in [2.24, 2.45) is 5.92 Å². The average molecular weight is 239 g/mol. The molecule has 0 saturated heterocycles. The van der Waals surface area contributed by atoms with E-state index in [0.717, 1.165) is 12.8 Å². The third-order valence-electron chi connectivity index (χ3n) is 3.02. The fourth-order valence-corrected chi connectivity index (χ4v) is 1.85. The van der Waals surface area contributed by atoms with Gasteiger partial charge in [0.05, 0.1) is 6.61 Å². The maximum absolute atomic E-state index is 11.9. The Balaban J connectivity index is 2.41. The second-order valence-corrected chi connectivity index (χ2v) is 4.37. The Morgan fingerprint density at radius 3 is 2.65 bits per heavy atom. The predicted octanol–water partition coefficient (Wildman–Crippen LogP) is 1.75. The molecule has 0 N–H and O–H groups in total. The summed E-state index contributed by atoms with van der Waals surface area (Å²) in [5, 5.41) is 0. The van der Waals surface area contributed by atoms with Gasteiger partial charge in [-0.1, -0.05) is 12.5 Å². The largest absolute Gasteiger partial charge is 0.465 e. The van der Waals surface area contributed by atoms with Gasteiger partial charge in [-0.25, -0.2) is 0 Å². The van der Waals surface area contributed by atoms with Crippen LogP contribution in [0.1, 0.15) is 32.6 Å². The molecule has 0 aromatic heterocycles. The average Bonchev–Trinajstić information content (AvgIpc) is 2.23. The molecule has 1 aliphatic rings. The number of hydrogen-bond acceptors (Lipinski definition) is 3. The summed E-state index contributed by atoms with van der Waals surface area (Å²) < 4.78 is 4.85. The smallest absolute Gasteiger partial charge is 0.325 e. The zero-order chi connectivity index (χ0) is 12.7. The van der Waals surface area contributed by atoms with E-state index in [2.05, 4.69) is 6.58 Å². The lowest BCUT2D eigenvalue weighted by molar-refractivity contribution is -0.149. The van der Waals surface area contributed by atoms with Crippen molar-refractivity contribution in [2.45, 2.75) is 32.6 Å². The number of hydrogen-bond donors (Lipinski definition) is 0. The summed E-state index contributed by atoms with van der Waals surface area (Å²) in [6.07, 6.45) is 5.67. The molecule has 4 heteroatoms. The van der Waals surface area contributed by atoms with Crippen molar-refractivity contribution in [3.05, 3.63) is 12.7 Å². The first-order valence-corrected chi connectivity index (χ1v) is 6.21. The molecule has 0 unspecified atom stereocenters. The highest BCUT2D eigenvalue weighted by Crippen LogP contribution is 2.29. The van der Waals surface area contributed by atoms with Crippen molar-refractivity contribution >= 4 is 11.9 Å². The Morgan fingerprint density at radius 1 is 1.47 bits per heavy atom. The molecule has 0 aromatic carbocycles. The van der Waals surface area contributed by atoms with Gasteiger partial charge in [-0.3, -0.25) is 9.59 Å². The minimum Gasteiger partial charge on any atom is -0.465 e. The number of carbonyl (C=O) groups is 2. The van der Waals surface area contributed by atoms with Gasteiger partial charge in [-0.05, 0) is 25.7 Å². The van der Waals surface area contributed by atoms with E-state index in [0.29, 0.717) is 25.5 Å². The van der Waals surface area contributed by atoms with Crippen LogP contribution < -0.4 is 0 Å². The van der Waals surface area contributed by atoms with Gasteiger partial charge in [0.25, 0.3) is 0 Å². The molecule has 1 rings (SSSR count). The number of carbonyl (C=O) groups excluding carboxylic acids is 2. The summed E-state index contributed by atoms with van der Waals surface area (Å²) in [5.41, 5.74) is 0. The summed E-state index contributed by atoms with van der Waals surface area (Å²) in [7, 11) is 0. The SMILES string of the molecule is C=CCN(CC(=O)OCC)C(=O)CC1CCC1. The Bertz CT molecular complexity index is 284. The molecule has 0 aliphatic heterocycles. The molecule has 1 fully saturated rings. The standard InChI is InChI=1S/C13H21NO3/c1-3-8-14(10-13(16)17-4-2)12(15)9-11-6-5-7-11/h3,11H,1,4-10H2,2H3. The second-order valence-electron chi connectivity index (χ2n) is 4.37. The molecule has 1 saturated carbocycles. The van der Waals surface area contributed by atoms with Crippen molar-refractivity contribution in [1.82, 2.24) is 4.90 Å². The van der Waals surface area contributed by atoms with Gasteiger partial charge < -0.3 is 9.64 Å².